The molecule has 1 fully saturated rings. The first-order valence-electron chi connectivity index (χ1n) is 9.26. The number of rotatable bonds is 6. The molecule has 1 aromatic heterocycles. The van der Waals surface area contributed by atoms with E-state index in [2.05, 4.69) is 51.0 Å². The molecule has 7 nitrogen and oxygen atoms in total. The summed E-state index contributed by atoms with van der Waals surface area (Å²) in [6.07, 6.45) is 0. The molecular weight excluding hydrogens is 362 g/mol. The number of anilines is 2. The molecule has 2 aromatic rings. The lowest BCUT2D eigenvalue weighted by Gasteiger charge is -2.27. The van der Waals surface area contributed by atoms with Crippen LogP contribution < -0.4 is 10.2 Å². The molecule has 0 spiro atoms. The Balaban J connectivity index is 1.64. The molecule has 0 saturated carbocycles. The number of nitrogens with zero attached hydrogens (tertiary/aromatic N) is 4. The van der Waals surface area contributed by atoms with Crippen LogP contribution in [0.3, 0.4) is 0 Å². The van der Waals surface area contributed by atoms with E-state index in [1.54, 1.807) is 0 Å². The van der Waals surface area contributed by atoms with E-state index >= 15 is 0 Å². The van der Waals surface area contributed by atoms with E-state index in [0.29, 0.717) is 19.0 Å². The molecule has 3 rings (SSSR count). The molecule has 2 heterocycles. The topological polar surface area (TPSA) is 72.3 Å². The molecule has 1 saturated heterocycles. The van der Waals surface area contributed by atoms with Crippen LogP contribution in [0.1, 0.15) is 23.6 Å². The summed E-state index contributed by atoms with van der Waals surface area (Å²) in [4.78, 5) is 14.7. The number of carbonyl (C=O) groups excluding carboxylic acids is 1. The fourth-order valence-corrected chi connectivity index (χ4v) is 4.14. The molecule has 1 N–H and O–H groups in total. The summed E-state index contributed by atoms with van der Waals surface area (Å²) in [7, 11) is 0. The maximum atomic E-state index is 12.5. The van der Waals surface area contributed by atoms with Gasteiger partial charge in [-0.1, -0.05) is 29.5 Å². The van der Waals surface area contributed by atoms with Crippen molar-refractivity contribution in [2.45, 2.75) is 39.4 Å². The monoisotopic (exact) mass is 389 g/mol. The predicted molar refractivity (Wildman–Crippen MR) is 109 cm³/mol. The molecule has 1 aromatic carbocycles. The van der Waals surface area contributed by atoms with Gasteiger partial charge in [-0.05, 0) is 38.8 Å². The number of aryl methyl sites for hydroxylation is 3. The van der Waals surface area contributed by atoms with Crippen LogP contribution in [-0.4, -0.2) is 52.7 Å². The number of morpholine rings is 1. The van der Waals surface area contributed by atoms with Gasteiger partial charge in [0.2, 0.25) is 11.9 Å². The van der Waals surface area contributed by atoms with E-state index in [9.17, 15) is 4.79 Å². The van der Waals surface area contributed by atoms with E-state index in [1.165, 1.54) is 17.3 Å². The van der Waals surface area contributed by atoms with Gasteiger partial charge in [-0.2, -0.15) is 0 Å². The molecule has 0 radical (unpaired) electrons. The second-order valence-corrected chi connectivity index (χ2v) is 7.68. The Morgan fingerprint density at radius 2 is 1.85 bits per heavy atom. The van der Waals surface area contributed by atoms with E-state index in [4.69, 9.17) is 4.74 Å². The molecule has 1 amide bonds. The van der Waals surface area contributed by atoms with Crippen LogP contribution in [0, 0.1) is 20.8 Å². The second-order valence-electron chi connectivity index (χ2n) is 6.74. The van der Waals surface area contributed by atoms with E-state index in [1.807, 2.05) is 13.8 Å². The highest BCUT2D eigenvalue weighted by molar-refractivity contribution is 7.99. The molecule has 1 aliphatic rings. The van der Waals surface area contributed by atoms with Gasteiger partial charge in [0, 0.05) is 25.3 Å². The van der Waals surface area contributed by atoms with Crippen LogP contribution >= 0.6 is 11.8 Å². The van der Waals surface area contributed by atoms with Crippen molar-refractivity contribution in [2.75, 3.05) is 42.3 Å². The van der Waals surface area contributed by atoms with Crippen LogP contribution in [0.25, 0.3) is 0 Å². The second kappa shape index (κ2) is 8.75. The number of amides is 1. The van der Waals surface area contributed by atoms with Gasteiger partial charge in [-0.3, -0.25) is 9.36 Å². The normalized spacial score (nSPS) is 14.4. The molecule has 0 atom stereocenters. The largest absolute Gasteiger partial charge is 0.378 e. The van der Waals surface area contributed by atoms with Crippen LogP contribution in [0.2, 0.25) is 0 Å². The zero-order valence-electron chi connectivity index (χ0n) is 16.4. The Hall–Kier alpha value is -2.06. The van der Waals surface area contributed by atoms with E-state index < -0.39 is 0 Å². The molecule has 0 aliphatic carbocycles. The van der Waals surface area contributed by atoms with Crippen LogP contribution in [-0.2, 0) is 16.1 Å². The zero-order valence-corrected chi connectivity index (χ0v) is 17.2. The highest BCUT2D eigenvalue weighted by Gasteiger charge is 2.20. The van der Waals surface area contributed by atoms with Gasteiger partial charge >= 0.3 is 0 Å². The molecule has 0 unspecified atom stereocenters. The van der Waals surface area contributed by atoms with Crippen molar-refractivity contribution in [3.05, 3.63) is 28.8 Å². The summed E-state index contributed by atoms with van der Waals surface area (Å²) in [5.41, 5.74) is 4.26. The van der Waals surface area contributed by atoms with E-state index in [0.717, 1.165) is 47.6 Å². The number of benzene rings is 1. The van der Waals surface area contributed by atoms with Gasteiger partial charge in [0.05, 0.1) is 19.0 Å². The summed E-state index contributed by atoms with van der Waals surface area (Å²) < 4.78 is 7.47. The van der Waals surface area contributed by atoms with Crippen molar-refractivity contribution in [1.82, 2.24) is 14.8 Å². The first-order valence-corrected chi connectivity index (χ1v) is 10.2. The zero-order chi connectivity index (χ0) is 19.4. The maximum Gasteiger partial charge on any atom is 0.234 e. The average molecular weight is 390 g/mol. The maximum absolute atomic E-state index is 12.5. The SMILES string of the molecule is CCn1c(SCC(=O)Nc2c(C)cc(C)cc2C)nnc1N1CCOCC1. The highest BCUT2D eigenvalue weighted by atomic mass is 32.2. The minimum Gasteiger partial charge on any atom is -0.378 e. The predicted octanol–water partition coefficient (Wildman–Crippen LogP) is 2.79. The number of ether oxygens (including phenoxy) is 1. The first-order chi connectivity index (χ1) is 13.0. The quantitative estimate of drug-likeness (QED) is 0.766. The summed E-state index contributed by atoms with van der Waals surface area (Å²) in [5, 5.41) is 12.5. The number of thioether (sulfide) groups is 1. The molecular formula is C19H27N5O2S. The third-order valence-electron chi connectivity index (χ3n) is 4.58. The Labute approximate surface area is 164 Å². The Morgan fingerprint density at radius 3 is 2.48 bits per heavy atom. The number of nitrogens with one attached hydrogen (secondary N) is 1. The van der Waals surface area contributed by atoms with Gasteiger partial charge in [-0.25, -0.2) is 0 Å². The minimum atomic E-state index is -0.0337. The summed E-state index contributed by atoms with van der Waals surface area (Å²) in [6.45, 7) is 12.0. The Bertz CT molecular complexity index is 791. The Morgan fingerprint density at radius 1 is 1.19 bits per heavy atom. The summed E-state index contributed by atoms with van der Waals surface area (Å²) >= 11 is 1.42. The van der Waals surface area contributed by atoms with Gasteiger partial charge < -0.3 is 15.0 Å². The molecule has 0 bridgehead atoms. The average Bonchev–Trinajstić information content (AvgIpc) is 3.06. The Kier molecular flexibility index (Phi) is 6.38. The van der Waals surface area contributed by atoms with Crippen molar-refractivity contribution >= 4 is 29.3 Å². The molecule has 27 heavy (non-hydrogen) atoms. The van der Waals surface area contributed by atoms with Gasteiger partial charge in [0.25, 0.3) is 0 Å². The number of aromatic nitrogens is 3. The van der Waals surface area contributed by atoms with Gasteiger partial charge in [0.1, 0.15) is 0 Å². The highest BCUT2D eigenvalue weighted by Crippen LogP contribution is 2.25. The van der Waals surface area contributed by atoms with Crippen molar-refractivity contribution in [3.8, 4) is 0 Å². The van der Waals surface area contributed by atoms with Gasteiger partial charge in [0.15, 0.2) is 5.16 Å². The van der Waals surface area contributed by atoms with Crippen LogP contribution in [0.5, 0.6) is 0 Å². The van der Waals surface area contributed by atoms with Crippen molar-refractivity contribution in [3.63, 3.8) is 0 Å². The number of hydrogen-bond acceptors (Lipinski definition) is 6. The lowest BCUT2D eigenvalue weighted by atomic mass is 10.1. The molecule has 8 heteroatoms. The third kappa shape index (κ3) is 4.62. The number of carbonyl (C=O) groups is 1. The van der Waals surface area contributed by atoms with Crippen LogP contribution in [0.4, 0.5) is 11.6 Å². The summed E-state index contributed by atoms with van der Waals surface area (Å²) in [5.74, 6) is 1.12. The van der Waals surface area contributed by atoms with Crippen LogP contribution in [0.15, 0.2) is 17.3 Å². The molecule has 1 aliphatic heterocycles. The smallest absolute Gasteiger partial charge is 0.234 e. The first kappa shape index (κ1) is 19.7. The van der Waals surface area contributed by atoms with Gasteiger partial charge in [-0.15, -0.1) is 10.2 Å². The lowest BCUT2D eigenvalue weighted by Crippen LogP contribution is -2.38. The fraction of sp³-hybridized carbons (Fsp3) is 0.526. The summed E-state index contributed by atoms with van der Waals surface area (Å²) in [6, 6.07) is 4.16. The standard InChI is InChI=1S/C19H27N5O2S/c1-5-24-18(23-6-8-26-9-7-23)21-22-19(24)27-12-16(25)20-17-14(3)10-13(2)11-15(17)4/h10-11H,5-9,12H2,1-4H3,(H,20,25). The van der Waals surface area contributed by atoms with E-state index in [-0.39, 0.29) is 5.91 Å². The third-order valence-corrected chi connectivity index (χ3v) is 5.55. The minimum absolute atomic E-state index is 0.0337. The van der Waals surface area contributed by atoms with Crippen molar-refractivity contribution in [2.24, 2.45) is 0 Å². The number of hydrogen-bond donors (Lipinski definition) is 1. The fourth-order valence-electron chi connectivity index (χ4n) is 3.34. The lowest BCUT2D eigenvalue weighted by molar-refractivity contribution is -0.113. The molecule has 146 valence electrons. The van der Waals surface area contributed by atoms with Crippen molar-refractivity contribution in [1.29, 1.82) is 0 Å². The van der Waals surface area contributed by atoms with Crippen molar-refractivity contribution < 1.29 is 9.53 Å².